The van der Waals surface area contributed by atoms with Crippen molar-refractivity contribution < 1.29 is 4.74 Å². The van der Waals surface area contributed by atoms with Crippen molar-refractivity contribution in [2.45, 2.75) is 26.9 Å². The molecule has 0 unspecified atom stereocenters. The van der Waals surface area contributed by atoms with Crippen LogP contribution in [-0.2, 0) is 0 Å². The lowest BCUT2D eigenvalue weighted by Gasteiger charge is -2.10. The van der Waals surface area contributed by atoms with Crippen LogP contribution in [0.25, 0.3) is 10.9 Å². The van der Waals surface area contributed by atoms with Crippen LogP contribution in [0, 0.1) is 6.92 Å². The molecular weight excluding hydrogens is 174 g/mol. The summed E-state index contributed by atoms with van der Waals surface area (Å²) < 4.78 is 5.72. The smallest absolute Gasteiger partial charge is 0.129 e. The second kappa shape index (κ2) is 3.37. The third kappa shape index (κ3) is 1.60. The van der Waals surface area contributed by atoms with E-state index in [9.17, 15) is 0 Å². The Labute approximate surface area is 83.9 Å². The Kier molecular flexibility index (Phi) is 2.20. The Morgan fingerprint density at radius 1 is 1.29 bits per heavy atom. The summed E-state index contributed by atoms with van der Waals surface area (Å²) in [5.41, 5.74) is 2.31. The van der Waals surface area contributed by atoms with Gasteiger partial charge < -0.3 is 9.72 Å². The molecule has 0 saturated heterocycles. The number of aryl methyl sites for hydroxylation is 1. The predicted molar refractivity (Wildman–Crippen MR) is 58.8 cm³/mol. The zero-order valence-corrected chi connectivity index (χ0v) is 8.79. The molecule has 1 aromatic carbocycles. The van der Waals surface area contributed by atoms with Gasteiger partial charge in [-0.3, -0.25) is 0 Å². The molecule has 0 spiro atoms. The Hall–Kier alpha value is -1.44. The lowest BCUT2D eigenvalue weighted by Crippen LogP contribution is -2.05. The van der Waals surface area contributed by atoms with Gasteiger partial charge in [0.2, 0.25) is 0 Å². The molecule has 2 nitrogen and oxygen atoms in total. The van der Waals surface area contributed by atoms with Crippen molar-refractivity contribution in [2.24, 2.45) is 0 Å². The quantitative estimate of drug-likeness (QED) is 0.770. The van der Waals surface area contributed by atoms with Crippen molar-refractivity contribution in [3.05, 3.63) is 30.0 Å². The lowest BCUT2D eigenvalue weighted by atomic mass is 10.2. The zero-order chi connectivity index (χ0) is 10.1. The van der Waals surface area contributed by atoms with Crippen LogP contribution >= 0.6 is 0 Å². The standard InChI is InChI=1S/C12H15NO/c1-8(2)14-12-6-4-5-11-10(12)7-9(3)13-11/h4-8,13H,1-3H3. The van der Waals surface area contributed by atoms with E-state index in [0.29, 0.717) is 0 Å². The van der Waals surface area contributed by atoms with Crippen LogP contribution in [0.2, 0.25) is 0 Å². The maximum Gasteiger partial charge on any atom is 0.129 e. The lowest BCUT2D eigenvalue weighted by molar-refractivity contribution is 0.245. The number of ether oxygens (including phenoxy) is 1. The van der Waals surface area contributed by atoms with Crippen LogP contribution in [0.4, 0.5) is 0 Å². The summed E-state index contributed by atoms with van der Waals surface area (Å²) >= 11 is 0. The second-order valence-electron chi connectivity index (χ2n) is 3.84. The van der Waals surface area contributed by atoms with Crippen LogP contribution in [0.5, 0.6) is 5.75 Å². The van der Waals surface area contributed by atoms with Gasteiger partial charge in [0, 0.05) is 16.6 Å². The van der Waals surface area contributed by atoms with Gasteiger partial charge >= 0.3 is 0 Å². The summed E-state index contributed by atoms with van der Waals surface area (Å²) in [5.74, 6) is 0.960. The first kappa shape index (κ1) is 9.13. The zero-order valence-electron chi connectivity index (χ0n) is 8.79. The highest BCUT2D eigenvalue weighted by molar-refractivity contribution is 5.86. The molecule has 1 N–H and O–H groups in total. The Morgan fingerprint density at radius 3 is 2.79 bits per heavy atom. The number of hydrogen-bond acceptors (Lipinski definition) is 1. The highest BCUT2D eigenvalue weighted by Gasteiger charge is 2.05. The average molecular weight is 189 g/mol. The van der Waals surface area contributed by atoms with Gasteiger partial charge in [0.05, 0.1) is 6.10 Å². The van der Waals surface area contributed by atoms with Crippen LogP contribution in [0.3, 0.4) is 0 Å². The maximum absolute atomic E-state index is 5.72. The molecule has 0 aliphatic rings. The van der Waals surface area contributed by atoms with Gasteiger partial charge in [-0.1, -0.05) is 6.07 Å². The molecule has 0 aliphatic carbocycles. The van der Waals surface area contributed by atoms with E-state index in [-0.39, 0.29) is 6.10 Å². The molecule has 0 aliphatic heterocycles. The fourth-order valence-corrected chi connectivity index (χ4v) is 1.62. The van der Waals surface area contributed by atoms with Crippen LogP contribution < -0.4 is 4.74 Å². The third-order valence-corrected chi connectivity index (χ3v) is 2.12. The van der Waals surface area contributed by atoms with Crippen LogP contribution in [0.1, 0.15) is 19.5 Å². The number of nitrogens with one attached hydrogen (secondary N) is 1. The molecule has 14 heavy (non-hydrogen) atoms. The number of H-pyrrole nitrogens is 1. The molecule has 2 rings (SSSR count). The highest BCUT2D eigenvalue weighted by atomic mass is 16.5. The molecular formula is C12H15NO. The molecule has 1 heterocycles. The van der Waals surface area contributed by atoms with Gasteiger partial charge in [0.15, 0.2) is 0 Å². The van der Waals surface area contributed by atoms with Gasteiger partial charge in [-0.05, 0) is 39.0 Å². The van der Waals surface area contributed by atoms with Gasteiger partial charge in [-0.15, -0.1) is 0 Å². The number of aromatic amines is 1. The summed E-state index contributed by atoms with van der Waals surface area (Å²) in [5, 5.41) is 1.17. The Bertz CT molecular complexity index is 443. The van der Waals surface area contributed by atoms with Gasteiger partial charge in [-0.25, -0.2) is 0 Å². The van der Waals surface area contributed by atoms with Gasteiger partial charge in [0.1, 0.15) is 5.75 Å². The first-order valence-corrected chi connectivity index (χ1v) is 4.92. The molecule has 0 amide bonds. The van der Waals surface area contributed by atoms with Gasteiger partial charge in [-0.2, -0.15) is 0 Å². The largest absolute Gasteiger partial charge is 0.490 e. The summed E-state index contributed by atoms with van der Waals surface area (Å²) in [6, 6.07) is 8.20. The summed E-state index contributed by atoms with van der Waals surface area (Å²) in [4.78, 5) is 3.29. The topological polar surface area (TPSA) is 25.0 Å². The van der Waals surface area contributed by atoms with Crippen molar-refractivity contribution in [1.82, 2.24) is 4.98 Å². The number of rotatable bonds is 2. The van der Waals surface area contributed by atoms with Gasteiger partial charge in [0.25, 0.3) is 0 Å². The maximum atomic E-state index is 5.72. The van der Waals surface area contributed by atoms with E-state index in [1.165, 1.54) is 11.1 Å². The van der Waals surface area contributed by atoms with Crippen LogP contribution in [0.15, 0.2) is 24.3 Å². The van der Waals surface area contributed by atoms with Crippen molar-refractivity contribution in [3.8, 4) is 5.75 Å². The van der Waals surface area contributed by atoms with E-state index in [1.807, 2.05) is 26.0 Å². The fourth-order valence-electron chi connectivity index (χ4n) is 1.62. The number of benzene rings is 1. The molecule has 2 heteroatoms. The van der Waals surface area contributed by atoms with Crippen molar-refractivity contribution in [3.63, 3.8) is 0 Å². The number of fused-ring (bicyclic) bond motifs is 1. The fraction of sp³-hybridized carbons (Fsp3) is 0.333. The van der Waals surface area contributed by atoms with Crippen LogP contribution in [-0.4, -0.2) is 11.1 Å². The average Bonchev–Trinajstić information content (AvgIpc) is 2.45. The second-order valence-corrected chi connectivity index (χ2v) is 3.84. The molecule has 2 aromatic rings. The first-order chi connectivity index (χ1) is 6.66. The minimum absolute atomic E-state index is 0.218. The van der Waals surface area contributed by atoms with E-state index < -0.39 is 0 Å². The normalized spacial score (nSPS) is 11.1. The molecule has 74 valence electrons. The summed E-state index contributed by atoms with van der Waals surface area (Å²) in [6.07, 6.45) is 0.218. The number of hydrogen-bond donors (Lipinski definition) is 1. The van der Waals surface area contributed by atoms with E-state index in [4.69, 9.17) is 4.74 Å². The summed E-state index contributed by atoms with van der Waals surface area (Å²) in [6.45, 7) is 6.13. The molecule has 0 atom stereocenters. The third-order valence-electron chi connectivity index (χ3n) is 2.12. The monoisotopic (exact) mass is 189 g/mol. The van der Waals surface area contributed by atoms with E-state index in [2.05, 4.69) is 24.0 Å². The van der Waals surface area contributed by atoms with E-state index >= 15 is 0 Å². The predicted octanol–water partition coefficient (Wildman–Crippen LogP) is 3.26. The van der Waals surface area contributed by atoms with Crippen molar-refractivity contribution in [2.75, 3.05) is 0 Å². The molecule has 0 radical (unpaired) electrons. The van der Waals surface area contributed by atoms with E-state index in [1.54, 1.807) is 0 Å². The number of aromatic nitrogens is 1. The molecule has 0 saturated carbocycles. The molecule has 0 fully saturated rings. The summed E-state index contributed by atoms with van der Waals surface area (Å²) in [7, 11) is 0. The molecule has 0 bridgehead atoms. The molecule has 1 aromatic heterocycles. The first-order valence-electron chi connectivity index (χ1n) is 4.92. The van der Waals surface area contributed by atoms with Crippen molar-refractivity contribution >= 4 is 10.9 Å². The van der Waals surface area contributed by atoms with E-state index in [0.717, 1.165) is 11.3 Å². The SMILES string of the molecule is Cc1cc2c(OC(C)C)cccc2[nH]1. The highest BCUT2D eigenvalue weighted by Crippen LogP contribution is 2.26. The minimum Gasteiger partial charge on any atom is -0.490 e. The minimum atomic E-state index is 0.218. The Morgan fingerprint density at radius 2 is 2.07 bits per heavy atom. The Balaban J connectivity index is 2.53. The van der Waals surface area contributed by atoms with Crippen molar-refractivity contribution in [1.29, 1.82) is 0 Å².